The normalized spacial score (nSPS) is 16.2. The monoisotopic (exact) mass is 462 g/mol. The maximum atomic E-state index is 6.15. The highest BCUT2D eigenvalue weighted by molar-refractivity contribution is 6.30. The maximum absolute atomic E-state index is 6.15. The predicted octanol–water partition coefficient (Wildman–Crippen LogP) is 6.39. The lowest BCUT2D eigenvalue weighted by molar-refractivity contribution is 0.0608. The van der Waals surface area contributed by atoms with Crippen molar-refractivity contribution in [3.05, 3.63) is 106 Å². The van der Waals surface area contributed by atoms with Crippen molar-refractivity contribution in [3.63, 3.8) is 0 Å². The maximum Gasteiger partial charge on any atom is 0.0717 e. The van der Waals surface area contributed by atoms with Crippen LogP contribution in [0.4, 0.5) is 0 Å². The van der Waals surface area contributed by atoms with E-state index in [0.717, 1.165) is 44.4 Å². The Morgan fingerprint density at radius 2 is 1.36 bits per heavy atom. The van der Waals surface area contributed by atoms with E-state index in [0.29, 0.717) is 12.5 Å². The van der Waals surface area contributed by atoms with Gasteiger partial charge in [-0.05, 0) is 40.3 Å². The van der Waals surface area contributed by atoms with Crippen molar-refractivity contribution in [3.8, 4) is 0 Å². The average Bonchev–Trinajstić information content (AvgIpc) is 2.85. The minimum absolute atomic E-state index is 0.260. The molecule has 0 bridgehead atoms. The van der Waals surface area contributed by atoms with Gasteiger partial charge in [0.2, 0.25) is 0 Å². The van der Waals surface area contributed by atoms with Gasteiger partial charge in [-0.2, -0.15) is 0 Å². The first-order chi connectivity index (χ1) is 16.1. The van der Waals surface area contributed by atoms with Crippen LogP contribution >= 0.6 is 11.6 Å². The number of piperazine rings is 1. The van der Waals surface area contributed by atoms with Gasteiger partial charge in [-0.15, -0.1) is 0 Å². The first kappa shape index (κ1) is 24.0. The van der Waals surface area contributed by atoms with Crippen LogP contribution in [0.1, 0.15) is 48.1 Å². The molecule has 0 aromatic heterocycles. The Balaban J connectivity index is 1.27. The van der Waals surface area contributed by atoms with Gasteiger partial charge in [0.25, 0.3) is 0 Å². The molecule has 1 heterocycles. The average molecular weight is 463 g/mol. The summed E-state index contributed by atoms with van der Waals surface area (Å²) < 4.78 is 5.98. The Morgan fingerprint density at radius 1 is 0.758 bits per heavy atom. The predicted molar refractivity (Wildman–Crippen MR) is 138 cm³/mol. The van der Waals surface area contributed by atoms with Crippen LogP contribution in [0.15, 0.2) is 78.9 Å². The van der Waals surface area contributed by atoms with Gasteiger partial charge < -0.3 is 4.74 Å². The molecule has 0 aliphatic carbocycles. The molecule has 1 aliphatic rings. The molecule has 0 N–H and O–H groups in total. The van der Waals surface area contributed by atoms with E-state index in [9.17, 15) is 0 Å². The number of nitrogens with zero attached hydrogens (tertiary/aromatic N) is 2. The van der Waals surface area contributed by atoms with Gasteiger partial charge in [0.1, 0.15) is 0 Å². The standard InChI is InChI=1S/C29H35ClN2O/c1-23(2)25-10-8-24(9-11-25)22-33-21-20-31-16-18-32(19-17-31)29(26-6-4-3-5-7-26)27-12-14-28(30)15-13-27/h3-15,23,29H,16-22H2,1-2H3. The lowest BCUT2D eigenvalue weighted by Crippen LogP contribution is -2.48. The third-order valence-corrected chi connectivity index (χ3v) is 6.79. The van der Waals surface area contributed by atoms with Crippen molar-refractivity contribution in [2.24, 2.45) is 0 Å². The van der Waals surface area contributed by atoms with E-state index >= 15 is 0 Å². The van der Waals surface area contributed by atoms with Crippen molar-refractivity contribution in [2.45, 2.75) is 32.4 Å². The van der Waals surface area contributed by atoms with E-state index in [1.54, 1.807) is 0 Å². The van der Waals surface area contributed by atoms with Crippen molar-refractivity contribution < 1.29 is 4.74 Å². The summed E-state index contributed by atoms with van der Waals surface area (Å²) in [4.78, 5) is 5.11. The molecule has 0 radical (unpaired) electrons. The van der Waals surface area contributed by atoms with Crippen molar-refractivity contribution in [2.75, 3.05) is 39.3 Å². The molecule has 3 aromatic rings. The number of benzene rings is 3. The number of hydrogen-bond donors (Lipinski definition) is 0. The third-order valence-electron chi connectivity index (χ3n) is 6.54. The van der Waals surface area contributed by atoms with Crippen LogP contribution in [-0.2, 0) is 11.3 Å². The molecule has 3 aromatic carbocycles. The van der Waals surface area contributed by atoms with Gasteiger partial charge >= 0.3 is 0 Å². The van der Waals surface area contributed by atoms with Crippen LogP contribution in [-0.4, -0.2) is 49.1 Å². The van der Waals surface area contributed by atoms with Crippen molar-refractivity contribution in [1.82, 2.24) is 9.80 Å². The SMILES string of the molecule is CC(C)c1ccc(COCCN2CCN(C(c3ccccc3)c3ccc(Cl)cc3)CC2)cc1. The van der Waals surface area contributed by atoms with E-state index in [2.05, 4.69) is 90.4 Å². The quantitative estimate of drug-likeness (QED) is 0.343. The molecule has 0 spiro atoms. The van der Waals surface area contributed by atoms with Gasteiger partial charge in [0.05, 0.1) is 19.3 Å². The van der Waals surface area contributed by atoms with E-state index in [1.165, 1.54) is 22.3 Å². The van der Waals surface area contributed by atoms with Crippen LogP contribution in [0, 0.1) is 0 Å². The molecular formula is C29H35ClN2O. The fraction of sp³-hybridized carbons (Fsp3) is 0.379. The summed E-state index contributed by atoms with van der Waals surface area (Å²) in [7, 11) is 0. The van der Waals surface area contributed by atoms with Gasteiger partial charge in [-0.1, -0.05) is 92.2 Å². The lowest BCUT2D eigenvalue weighted by Gasteiger charge is -2.39. The Morgan fingerprint density at radius 3 is 2.00 bits per heavy atom. The van der Waals surface area contributed by atoms with E-state index in [-0.39, 0.29) is 6.04 Å². The molecule has 4 heteroatoms. The fourth-order valence-corrected chi connectivity index (χ4v) is 4.65. The van der Waals surface area contributed by atoms with Gasteiger partial charge in [-0.3, -0.25) is 9.80 Å². The summed E-state index contributed by atoms with van der Waals surface area (Å²) in [5.74, 6) is 0.569. The first-order valence-corrected chi connectivity index (χ1v) is 12.4. The number of rotatable bonds is 9. The molecule has 174 valence electrons. The number of hydrogen-bond acceptors (Lipinski definition) is 3. The van der Waals surface area contributed by atoms with E-state index in [1.807, 2.05) is 12.1 Å². The van der Waals surface area contributed by atoms with Crippen LogP contribution < -0.4 is 0 Å². The zero-order valence-electron chi connectivity index (χ0n) is 19.8. The van der Waals surface area contributed by atoms with Crippen LogP contribution in [0.3, 0.4) is 0 Å². The Hall–Kier alpha value is -2.17. The zero-order valence-corrected chi connectivity index (χ0v) is 20.5. The van der Waals surface area contributed by atoms with Gasteiger partial charge in [0, 0.05) is 37.7 Å². The molecule has 1 aliphatic heterocycles. The molecule has 1 fully saturated rings. The van der Waals surface area contributed by atoms with Crippen LogP contribution in [0.2, 0.25) is 5.02 Å². The topological polar surface area (TPSA) is 15.7 Å². The second-order valence-corrected chi connectivity index (χ2v) is 9.63. The smallest absolute Gasteiger partial charge is 0.0717 e. The Bertz CT molecular complexity index is 965. The van der Waals surface area contributed by atoms with Crippen LogP contribution in [0.25, 0.3) is 0 Å². The second-order valence-electron chi connectivity index (χ2n) is 9.19. The fourth-order valence-electron chi connectivity index (χ4n) is 4.52. The molecule has 1 saturated heterocycles. The van der Waals surface area contributed by atoms with Crippen molar-refractivity contribution >= 4 is 11.6 Å². The number of ether oxygens (including phenoxy) is 1. The minimum atomic E-state index is 0.260. The molecule has 1 atom stereocenters. The lowest BCUT2D eigenvalue weighted by atomic mass is 9.96. The summed E-state index contributed by atoms with van der Waals surface area (Å²) in [6, 6.07) is 28.2. The van der Waals surface area contributed by atoms with E-state index < -0.39 is 0 Å². The molecule has 4 rings (SSSR count). The molecular weight excluding hydrogens is 428 g/mol. The highest BCUT2D eigenvalue weighted by Crippen LogP contribution is 2.30. The summed E-state index contributed by atoms with van der Waals surface area (Å²) >= 11 is 6.15. The van der Waals surface area contributed by atoms with Gasteiger partial charge in [-0.25, -0.2) is 0 Å². The summed E-state index contributed by atoms with van der Waals surface area (Å²) in [5.41, 5.74) is 5.26. The molecule has 0 amide bonds. The zero-order chi connectivity index (χ0) is 23.0. The summed E-state index contributed by atoms with van der Waals surface area (Å²) in [6.07, 6.45) is 0. The molecule has 1 unspecified atom stereocenters. The second kappa shape index (κ2) is 11.8. The summed E-state index contributed by atoms with van der Waals surface area (Å²) in [6.45, 7) is 11.1. The van der Waals surface area contributed by atoms with E-state index in [4.69, 9.17) is 16.3 Å². The van der Waals surface area contributed by atoms with Crippen molar-refractivity contribution in [1.29, 1.82) is 0 Å². The Kier molecular flexibility index (Phi) is 8.57. The largest absolute Gasteiger partial charge is 0.375 e. The van der Waals surface area contributed by atoms with Gasteiger partial charge in [0.15, 0.2) is 0 Å². The summed E-state index contributed by atoms with van der Waals surface area (Å²) in [5, 5.41) is 0.784. The molecule has 33 heavy (non-hydrogen) atoms. The third kappa shape index (κ3) is 6.68. The Labute approximate surface area is 203 Å². The highest BCUT2D eigenvalue weighted by Gasteiger charge is 2.26. The minimum Gasteiger partial charge on any atom is -0.375 e. The number of halogens is 1. The van der Waals surface area contributed by atoms with Crippen LogP contribution in [0.5, 0.6) is 0 Å². The molecule has 0 saturated carbocycles. The highest BCUT2D eigenvalue weighted by atomic mass is 35.5. The first-order valence-electron chi connectivity index (χ1n) is 12.0. The molecule has 3 nitrogen and oxygen atoms in total.